The molecule has 6 aromatic carbocycles. The van der Waals surface area contributed by atoms with Crippen LogP contribution >= 0.6 is 0 Å². The summed E-state index contributed by atoms with van der Waals surface area (Å²) in [6.07, 6.45) is 2.83. The number of aromatic hydroxyl groups is 1. The predicted octanol–water partition coefficient (Wildman–Crippen LogP) is 18.8. The maximum Gasteiger partial charge on any atom is 0.173 e. The van der Waals surface area contributed by atoms with Gasteiger partial charge in [0.1, 0.15) is 22.7 Å². The van der Waals surface area contributed by atoms with Gasteiger partial charge >= 0.3 is 0 Å². The molecule has 0 amide bonds. The van der Waals surface area contributed by atoms with Gasteiger partial charge in [-0.05, 0) is 111 Å². The van der Waals surface area contributed by atoms with Crippen molar-refractivity contribution < 1.29 is 35.0 Å². The molecule has 388 valence electrons. The number of nitrogens with zero attached hydrogens (tertiary/aromatic N) is 3. The number of aryl methyl sites for hydroxylation is 1. The molecule has 0 aliphatic carbocycles. The van der Waals surface area contributed by atoms with Gasteiger partial charge in [0.15, 0.2) is 11.5 Å². The second-order valence-corrected chi connectivity index (χ2v) is 26.0. The van der Waals surface area contributed by atoms with Gasteiger partial charge in [-0.1, -0.05) is 176 Å². The first-order chi connectivity index (χ1) is 34.6. The number of benzene rings is 6. The van der Waals surface area contributed by atoms with Crippen LogP contribution in [0.15, 0.2) is 136 Å². The minimum Gasteiger partial charge on any atom is -0.507 e. The number of furan rings is 2. The van der Waals surface area contributed by atoms with Gasteiger partial charge in [0.2, 0.25) is 0 Å². The van der Waals surface area contributed by atoms with E-state index in [9.17, 15) is 5.11 Å². The van der Waals surface area contributed by atoms with Crippen molar-refractivity contribution >= 4 is 33.0 Å². The first-order valence-electron chi connectivity index (χ1n) is 26.2. The van der Waals surface area contributed by atoms with Crippen molar-refractivity contribution in [1.29, 1.82) is 0 Å². The summed E-state index contributed by atoms with van der Waals surface area (Å²) < 4.78 is 15.7. The SMILES string of the molecule is Cc1c(-c2cc3ccnc(-c4[c-]c(-c5cccc6c5nc(-c5cc(C(C)(C)C)cc(C(C)(C)C)c5O)n6-c5ccc(C(C)(C)C)cc5-c5ccccc5)cc(C(C)(C)C)c4)c3o2)oc2ccc(CC(C)(C)C)cc12.[Pt]. The number of phenols is 1. The maximum atomic E-state index is 12.7. The summed E-state index contributed by atoms with van der Waals surface area (Å²) in [5, 5.41) is 14.7. The molecular formula is C68H72N3O3Pt-. The van der Waals surface area contributed by atoms with E-state index in [2.05, 4.69) is 237 Å². The number of rotatable bonds is 7. The number of imidazole rings is 1. The third kappa shape index (κ3) is 10.2. The molecule has 1 N–H and O–H groups in total. The molecule has 0 fully saturated rings. The van der Waals surface area contributed by atoms with Crippen LogP contribution in [-0.4, -0.2) is 19.6 Å². The molecule has 4 aromatic heterocycles. The topological polar surface area (TPSA) is 77.2 Å². The molecule has 0 spiro atoms. The number of aromatic nitrogens is 3. The smallest absolute Gasteiger partial charge is 0.173 e. The minimum atomic E-state index is -0.350. The minimum absolute atomic E-state index is 0. The Bertz CT molecular complexity index is 3790. The number of phenolic OH excluding ortho intramolecular Hbond substituents is 1. The van der Waals surface area contributed by atoms with Crippen molar-refractivity contribution in [2.75, 3.05) is 0 Å². The largest absolute Gasteiger partial charge is 0.507 e. The van der Waals surface area contributed by atoms with E-state index in [1.54, 1.807) is 0 Å². The Morgan fingerprint density at radius 3 is 1.93 bits per heavy atom. The molecule has 0 radical (unpaired) electrons. The van der Waals surface area contributed by atoms with Gasteiger partial charge in [-0.25, -0.2) is 4.98 Å². The number of pyridine rings is 1. The fourth-order valence-corrected chi connectivity index (χ4v) is 10.4. The van der Waals surface area contributed by atoms with E-state index in [-0.39, 0.29) is 53.9 Å². The van der Waals surface area contributed by atoms with Crippen LogP contribution < -0.4 is 0 Å². The van der Waals surface area contributed by atoms with Crippen molar-refractivity contribution in [1.82, 2.24) is 14.5 Å². The summed E-state index contributed by atoms with van der Waals surface area (Å²) in [5.41, 5.74) is 16.3. The average molecular weight is 1170 g/mol. The van der Waals surface area contributed by atoms with Crippen LogP contribution in [0, 0.1) is 18.4 Å². The molecule has 6 nitrogen and oxygen atoms in total. The van der Waals surface area contributed by atoms with Gasteiger partial charge in [-0.3, -0.25) is 9.55 Å². The van der Waals surface area contributed by atoms with E-state index in [0.29, 0.717) is 28.4 Å². The van der Waals surface area contributed by atoms with Gasteiger partial charge in [0, 0.05) is 60.4 Å². The van der Waals surface area contributed by atoms with Crippen molar-refractivity contribution in [2.24, 2.45) is 5.41 Å². The predicted molar refractivity (Wildman–Crippen MR) is 309 cm³/mol. The molecule has 0 saturated heterocycles. The normalized spacial score (nSPS) is 12.8. The summed E-state index contributed by atoms with van der Waals surface area (Å²) in [7, 11) is 0. The van der Waals surface area contributed by atoms with Gasteiger partial charge in [-0.15, -0.1) is 29.3 Å². The number of hydrogen-bond acceptors (Lipinski definition) is 5. The number of fused-ring (bicyclic) bond motifs is 3. The van der Waals surface area contributed by atoms with Crippen LogP contribution in [0.4, 0.5) is 0 Å². The van der Waals surface area contributed by atoms with Crippen LogP contribution in [0.5, 0.6) is 5.75 Å². The quantitative estimate of drug-likeness (QED) is 0.161. The van der Waals surface area contributed by atoms with Crippen LogP contribution in [-0.2, 0) is 49.1 Å². The second-order valence-electron chi connectivity index (χ2n) is 26.0. The Balaban J connectivity index is 0.00000689. The molecule has 0 bridgehead atoms. The Morgan fingerprint density at radius 2 is 1.27 bits per heavy atom. The number of hydrogen-bond donors (Lipinski definition) is 1. The van der Waals surface area contributed by atoms with Crippen LogP contribution in [0.1, 0.15) is 137 Å². The Labute approximate surface area is 458 Å². The van der Waals surface area contributed by atoms with E-state index in [1.807, 2.05) is 12.3 Å². The molecule has 0 unspecified atom stereocenters. The molecular weight excluding hydrogens is 1100 g/mol. The van der Waals surface area contributed by atoms with E-state index in [1.165, 1.54) is 11.1 Å². The second kappa shape index (κ2) is 19.0. The molecule has 0 saturated carbocycles. The zero-order chi connectivity index (χ0) is 53.0. The third-order valence-corrected chi connectivity index (χ3v) is 14.6. The van der Waals surface area contributed by atoms with Crippen LogP contribution in [0.25, 0.3) is 95.1 Å². The van der Waals surface area contributed by atoms with Gasteiger partial charge < -0.3 is 13.9 Å². The zero-order valence-corrected chi connectivity index (χ0v) is 49.0. The van der Waals surface area contributed by atoms with E-state index in [4.69, 9.17) is 18.8 Å². The molecule has 0 aliphatic rings. The Hall–Kier alpha value is -6.49. The monoisotopic (exact) mass is 1170 g/mol. The molecule has 10 rings (SSSR count). The van der Waals surface area contributed by atoms with E-state index in [0.717, 1.165) is 95.3 Å². The van der Waals surface area contributed by atoms with Crippen molar-refractivity contribution in [2.45, 2.75) is 139 Å². The van der Waals surface area contributed by atoms with Gasteiger partial charge in [0.25, 0.3) is 0 Å². The maximum absolute atomic E-state index is 12.7. The fourth-order valence-electron chi connectivity index (χ4n) is 10.4. The molecule has 0 aliphatic heterocycles. The Kier molecular flexibility index (Phi) is 13.5. The summed E-state index contributed by atoms with van der Waals surface area (Å²) in [4.78, 5) is 10.8. The van der Waals surface area contributed by atoms with E-state index < -0.39 is 0 Å². The molecule has 4 heterocycles. The number of para-hydroxylation sites is 1. The third-order valence-electron chi connectivity index (χ3n) is 14.6. The van der Waals surface area contributed by atoms with Gasteiger partial charge in [-0.2, -0.15) is 0 Å². The van der Waals surface area contributed by atoms with Crippen LogP contribution in [0.2, 0.25) is 0 Å². The Morgan fingerprint density at radius 1 is 0.600 bits per heavy atom. The fraction of sp³-hybridized carbons (Fsp3) is 0.324. The zero-order valence-electron chi connectivity index (χ0n) is 46.8. The summed E-state index contributed by atoms with van der Waals surface area (Å²) >= 11 is 0. The van der Waals surface area contributed by atoms with E-state index >= 15 is 0 Å². The average Bonchev–Trinajstić information content (AvgIpc) is 4.03. The standard InChI is InChI=1S/C68H72N3O3.Pt/c1-40-50-31-41(39-64(2,3)4)25-28-56(50)73-61(40)57-35-43-29-30-69-58(62(43)74-57)45-32-44(33-47(34-45)66(8,9)10)49-23-20-24-55-59(49)70-63(52-37-48(67(11,12)13)38-53(60(52)72)68(14,15)16)71(55)54-27-26-46(65(5,6)7)36-51(54)42-21-18-17-19-22-42;/h17-31,33-38,72H,39H2,1-16H3;/q-1;. The first-order valence-corrected chi connectivity index (χ1v) is 26.2. The summed E-state index contributed by atoms with van der Waals surface area (Å²) in [6, 6.07) is 47.1. The van der Waals surface area contributed by atoms with Gasteiger partial charge in [0.05, 0.1) is 22.3 Å². The first kappa shape index (κ1) is 53.3. The van der Waals surface area contributed by atoms with Crippen molar-refractivity contribution in [3.8, 4) is 67.9 Å². The summed E-state index contributed by atoms with van der Waals surface area (Å²) in [6.45, 7) is 35.6. The molecule has 75 heavy (non-hydrogen) atoms. The molecule has 0 atom stereocenters. The molecule has 7 heteroatoms. The summed E-state index contributed by atoms with van der Waals surface area (Å²) in [5.74, 6) is 2.28. The van der Waals surface area contributed by atoms with Crippen LogP contribution in [0.3, 0.4) is 0 Å². The molecule has 10 aromatic rings. The van der Waals surface area contributed by atoms with Crippen molar-refractivity contribution in [3.63, 3.8) is 0 Å². The van der Waals surface area contributed by atoms with Crippen molar-refractivity contribution in [3.05, 3.63) is 167 Å².